The number of nitrogens with zero attached hydrogens (tertiary/aromatic N) is 2. The van der Waals surface area contributed by atoms with Crippen molar-refractivity contribution in [1.29, 1.82) is 0 Å². The van der Waals surface area contributed by atoms with Crippen molar-refractivity contribution in [2.24, 2.45) is 0 Å². The topological polar surface area (TPSA) is 44.2 Å². The maximum atomic E-state index is 6.33. The maximum Gasteiger partial charge on any atom is 0.494 e. The molecule has 0 atom stereocenters. The summed E-state index contributed by atoms with van der Waals surface area (Å²) < 4.78 is 12.7. The lowest BCUT2D eigenvalue weighted by Gasteiger charge is -2.32. The highest BCUT2D eigenvalue weighted by Gasteiger charge is 2.51. The molecular weight excluding hydrogens is 527 g/mol. The summed E-state index contributed by atoms with van der Waals surface area (Å²) in [4.78, 5) is 10.5. The van der Waals surface area contributed by atoms with Gasteiger partial charge in [0.15, 0.2) is 0 Å². The molecule has 0 radical (unpaired) electrons. The van der Waals surface area contributed by atoms with Crippen LogP contribution in [0.2, 0.25) is 0 Å². The van der Waals surface area contributed by atoms with Crippen molar-refractivity contribution in [2.45, 2.75) is 38.9 Å². The zero-order chi connectivity index (χ0) is 29.3. The van der Waals surface area contributed by atoms with E-state index in [1.54, 1.807) is 0 Å². The molecule has 0 amide bonds. The second kappa shape index (κ2) is 9.47. The molecule has 43 heavy (non-hydrogen) atoms. The summed E-state index contributed by atoms with van der Waals surface area (Å²) in [7, 11) is -0.400. The van der Waals surface area contributed by atoms with Crippen LogP contribution in [-0.4, -0.2) is 28.3 Å². The van der Waals surface area contributed by atoms with Gasteiger partial charge in [-0.2, -0.15) is 0 Å². The van der Waals surface area contributed by atoms with Gasteiger partial charge in [-0.3, -0.25) is 0 Å². The first kappa shape index (κ1) is 26.1. The van der Waals surface area contributed by atoms with Gasteiger partial charge in [0.2, 0.25) is 0 Å². The summed E-state index contributed by atoms with van der Waals surface area (Å²) in [5.41, 5.74) is 4.96. The van der Waals surface area contributed by atoms with E-state index in [-0.39, 0.29) is 11.2 Å². The lowest BCUT2D eigenvalue weighted by molar-refractivity contribution is 0.00578. The molecule has 1 fully saturated rings. The number of benzene rings is 5. The Morgan fingerprint density at radius 1 is 0.512 bits per heavy atom. The SMILES string of the molecule is CC1(C)OB(c2ccc3ccc(-c4cccc(-c5nc6c7ccccc7ccc6c6ccccc56)n4)cc3c2)OC1(C)C. The second-order valence-electron chi connectivity index (χ2n) is 12.5. The number of hydrogen-bond donors (Lipinski definition) is 0. The van der Waals surface area contributed by atoms with Crippen molar-refractivity contribution < 1.29 is 9.31 Å². The standard InChI is InChI=1S/C38H31BN2O2/c1-37(2)38(3,4)43-39(42-37)28-20-18-24-16-17-26(22-27(24)23-28)33-14-9-15-34(40-33)36-31-13-8-7-12-30(31)32-21-19-25-10-5-6-11-29(25)35(32)41-36/h5-23H,1-4H3. The van der Waals surface area contributed by atoms with Gasteiger partial charge in [0.25, 0.3) is 0 Å². The Balaban J connectivity index is 1.24. The summed E-state index contributed by atoms with van der Waals surface area (Å²) in [6, 6.07) is 40.4. The van der Waals surface area contributed by atoms with Crippen LogP contribution in [0.3, 0.4) is 0 Å². The van der Waals surface area contributed by atoms with Gasteiger partial charge in [0.1, 0.15) is 0 Å². The number of pyridine rings is 2. The monoisotopic (exact) mass is 558 g/mol. The Kier molecular flexibility index (Phi) is 5.74. The molecule has 5 heteroatoms. The molecule has 1 aliphatic heterocycles. The summed E-state index contributed by atoms with van der Waals surface area (Å²) in [6.45, 7) is 8.34. The highest BCUT2D eigenvalue weighted by Crippen LogP contribution is 2.38. The maximum absolute atomic E-state index is 6.33. The van der Waals surface area contributed by atoms with Gasteiger partial charge in [-0.25, -0.2) is 9.97 Å². The third kappa shape index (κ3) is 4.23. The predicted octanol–water partition coefficient (Wildman–Crippen LogP) is 8.72. The Morgan fingerprint density at radius 3 is 2.00 bits per heavy atom. The molecule has 7 aromatic rings. The predicted molar refractivity (Wildman–Crippen MR) is 179 cm³/mol. The lowest BCUT2D eigenvalue weighted by atomic mass is 9.78. The Labute approximate surface area is 251 Å². The highest BCUT2D eigenvalue weighted by molar-refractivity contribution is 6.62. The van der Waals surface area contributed by atoms with E-state index in [9.17, 15) is 0 Å². The van der Waals surface area contributed by atoms with E-state index in [1.165, 1.54) is 10.8 Å². The molecule has 1 aliphatic rings. The number of fused-ring (bicyclic) bond motifs is 6. The van der Waals surface area contributed by atoms with Crippen LogP contribution in [0.5, 0.6) is 0 Å². The van der Waals surface area contributed by atoms with E-state index in [4.69, 9.17) is 19.3 Å². The van der Waals surface area contributed by atoms with Crippen molar-refractivity contribution in [3.63, 3.8) is 0 Å². The Hall–Kier alpha value is -4.58. The van der Waals surface area contributed by atoms with Crippen molar-refractivity contribution in [2.75, 3.05) is 0 Å². The van der Waals surface area contributed by atoms with Crippen LogP contribution in [0, 0.1) is 0 Å². The third-order valence-corrected chi connectivity index (χ3v) is 9.27. The highest BCUT2D eigenvalue weighted by atomic mass is 16.7. The molecule has 0 N–H and O–H groups in total. The average molecular weight is 558 g/mol. The minimum atomic E-state index is -0.400. The first-order valence-electron chi connectivity index (χ1n) is 14.8. The largest absolute Gasteiger partial charge is 0.494 e. The third-order valence-electron chi connectivity index (χ3n) is 9.27. The molecule has 3 heterocycles. The molecule has 0 aliphatic carbocycles. The molecule has 4 nitrogen and oxygen atoms in total. The normalized spacial score (nSPS) is 16.0. The van der Waals surface area contributed by atoms with E-state index in [2.05, 4.69) is 143 Å². The van der Waals surface area contributed by atoms with Crippen molar-refractivity contribution >= 4 is 55.8 Å². The quantitative estimate of drug-likeness (QED) is 0.161. The van der Waals surface area contributed by atoms with Crippen LogP contribution in [-0.2, 0) is 9.31 Å². The summed E-state index contributed by atoms with van der Waals surface area (Å²) in [6.07, 6.45) is 0. The number of rotatable bonds is 3. The van der Waals surface area contributed by atoms with Crippen LogP contribution < -0.4 is 5.46 Å². The van der Waals surface area contributed by atoms with E-state index in [0.29, 0.717) is 0 Å². The summed E-state index contributed by atoms with van der Waals surface area (Å²) in [5, 5.41) is 8.05. The first-order valence-corrected chi connectivity index (χ1v) is 14.8. The number of aromatic nitrogens is 2. The van der Waals surface area contributed by atoms with E-state index >= 15 is 0 Å². The van der Waals surface area contributed by atoms with Gasteiger partial charge >= 0.3 is 7.12 Å². The van der Waals surface area contributed by atoms with Gasteiger partial charge in [0.05, 0.1) is 33.8 Å². The summed E-state index contributed by atoms with van der Waals surface area (Å²) >= 11 is 0. The minimum absolute atomic E-state index is 0.383. The van der Waals surface area contributed by atoms with Gasteiger partial charge in [-0.05, 0) is 72.9 Å². The molecular formula is C38H31BN2O2. The Bertz CT molecular complexity index is 2210. The fourth-order valence-electron chi connectivity index (χ4n) is 6.16. The molecule has 0 unspecified atom stereocenters. The zero-order valence-electron chi connectivity index (χ0n) is 24.8. The van der Waals surface area contributed by atoms with E-state index < -0.39 is 7.12 Å². The Morgan fingerprint density at radius 2 is 1.19 bits per heavy atom. The lowest BCUT2D eigenvalue weighted by Crippen LogP contribution is -2.41. The molecule has 2 aromatic heterocycles. The fourth-order valence-corrected chi connectivity index (χ4v) is 6.16. The molecule has 8 rings (SSSR count). The van der Waals surface area contributed by atoms with Gasteiger partial charge in [-0.15, -0.1) is 0 Å². The first-order chi connectivity index (χ1) is 20.8. The zero-order valence-corrected chi connectivity index (χ0v) is 24.8. The van der Waals surface area contributed by atoms with Crippen molar-refractivity contribution in [1.82, 2.24) is 9.97 Å². The van der Waals surface area contributed by atoms with Gasteiger partial charge in [0, 0.05) is 21.7 Å². The van der Waals surface area contributed by atoms with Crippen LogP contribution in [0.15, 0.2) is 115 Å². The van der Waals surface area contributed by atoms with Crippen LogP contribution in [0.25, 0.3) is 65.9 Å². The van der Waals surface area contributed by atoms with E-state index in [1.807, 2.05) is 0 Å². The van der Waals surface area contributed by atoms with E-state index in [0.717, 1.165) is 60.6 Å². The second-order valence-corrected chi connectivity index (χ2v) is 12.5. The molecule has 5 aromatic carbocycles. The van der Waals surface area contributed by atoms with Crippen LogP contribution in [0.4, 0.5) is 0 Å². The molecule has 0 spiro atoms. The summed E-state index contributed by atoms with van der Waals surface area (Å²) in [5.74, 6) is 0. The minimum Gasteiger partial charge on any atom is -0.399 e. The average Bonchev–Trinajstić information content (AvgIpc) is 3.26. The van der Waals surface area contributed by atoms with Crippen molar-refractivity contribution in [3.05, 3.63) is 115 Å². The fraction of sp³-hybridized carbons (Fsp3) is 0.158. The smallest absolute Gasteiger partial charge is 0.399 e. The number of hydrogen-bond acceptors (Lipinski definition) is 4. The molecule has 0 saturated carbocycles. The van der Waals surface area contributed by atoms with Crippen LogP contribution in [0.1, 0.15) is 27.7 Å². The van der Waals surface area contributed by atoms with Crippen molar-refractivity contribution in [3.8, 4) is 22.6 Å². The molecule has 0 bridgehead atoms. The van der Waals surface area contributed by atoms with Crippen LogP contribution >= 0.6 is 0 Å². The molecule has 208 valence electrons. The van der Waals surface area contributed by atoms with Gasteiger partial charge < -0.3 is 9.31 Å². The molecule has 1 saturated heterocycles. The van der Waals surface area contributed by atoms with Gasteiger partial charge in [-0.1, -0.05) is 97.1 Å².